The molecular weight excluding hydrogens is 424 g/mol. The standard InChI is InChI=1S/C19H23F2N9O2/c20-14(21)11-27-6-8-28(9-7-27)16(31)12-3-1-5-29(12)18-24-17(22)30-19(25-18)23-15(26-30)13-4-2-10-32-13/h2,4,10,12,14H,1,3,5-9,11H2,(H2,22,23,24,25,26)/t12-/m0/s1. The third kappa shape index (κ3) is 3.83. The maximum absolute atomic E-state index is 13.2. The topological polar surface area (TPSA) is 122 Å². The molecule has 170 valence electrons. The molecule has 5 heterocycles. The minimum atomic E-state index is -2.37. The highest BCUT2D eigenvalue weighted by Crippen LogP contribution is 2.26. The van der Waals surface area contributed by atoms with Gasteiger partial charge in [0, 0.05) is 32.7 Å². The van der Waals surface area contributed by atoms with Crippen molar-refractivity contribution in [3.63, 3.8) is 0 Å². The molecule has 2 fully saturated rings. The number of nitrogen functional groups attached to an aromatic ring is 1. The van der Waals surface area contributed by atoms with Crippen LogP contribution in [-0.2, 0) is 4.79 Å². The Hall–Kier alpha value is -3.35. The minimum Gasteiger partial charge on any atom is -0.461 e. The third-order valence-electron chi connectivity index (χ3n) is 5.84. The molecule has 0 aromatic carbocycles. The summed E-state index contributed by atoms with van der Waals surface area (Å²) in [5, 5.41) is 4.29. The largest absolute Gasteiger partial charge is 0.461 e. The first-order chi connectivity index (χ1) is 15.5. The van der Waals surface area contributed by atoms with Crippen LogP contribution in [0.4, 0.5) is 20.7 Å². The Morgan fingerprint density at radius 1 is 1.19 bits per heavy atom. The van der Waals surface area contributed by atoms with Crippen LogP contribution in [0.1, 0.15) is 12.8 Å². The van der Waals surface area contributed by atoms with Gasteiger partial charge in [-0.2, -0.15) is 19.5 Å². The Balaban J connectivity index is 1.34. The maximum Gasteiger partial charge on any atom is 0.259 e. The normalized spacial score (nSPS) is 20.0. The molecule has 0 saturated carbocycles. The number of rotatable bonds is 5. The van der Waals surface area contributed by atoms with Gasteiger partial charge in [-0.3, -0.25) is 9.69 Å². The zero-order chi connectivity index (χ0) is 22.2. The van der Waals surface area contributed by atoms with Crippen molar-refractivity contribution in [3.05, 3.63) is 18.4 Å². The summed E-state index contributed by atoms with van der Waals surface area (Å²) >= 11 is 0. The lowest BCUT2D eigenvalue weighted by atomic mass is 10.1. The van der Waals surface area contributed by atoms with E-state index in [0.29, 0.717) is 56.7 Å². The Kier molecular flexibility index (Phi) is 5.33. The van der Waals surface area contributed by atoms with Crippen LogP contribution >= 0.6 is 0 Å². The summed E-state index contributed by atoms with van der Waals surface area (Å²) in [6.07, 6.45) is 0.621. The van der Waals surface area contributed by atoms with Crippen LogP contribution in [-0.4, -0.2) is 92.0 Å². The van der Waals surface area contributed by atoms with E-state index in [1.807, 2.05) is 4.90 Å². The van der Waals surface area contributed by atoms with Crippen LogP contribution in [0.2, 0.25) is 0 Å². The first-order valence-corrected chi connectivity index (χ1v) is 10.5. The minimum absolute atomic E-state index is 0.0426. The van der Waals surface area contributed by atoms with E-state index in [4.69, 9.17) is 10.2 Å². The maximum atomic E-state index is 13.2. The highest BCUT2D eigenvalue weighted by molar-refractivity contribution is 5.85. The Labute approximate surface area is 181 Å². The Morgan fingerprint density at radius 2 is 2.00 bits per heavy atom. The lowest BCUT2D eigenvalue weighted by molar-refractivity contribution is -0.134. The van der Waals surface area contributed by atoms with E-state index in [1.165, 1.54) is 10.8 Å². The van der Waals surface area contributed by atoms with Crippen LogP contribution in [0.15, 0.2) is 22.8 Å². The molecule has 0 spiro atoms. The zero-order valence-electron chi connectivity index (χ0n) is 17.3. The van der Waals surface area contributed by atoms with E-state index in [1.54, 1.807) is 21.9 Å². The molecule has 0 radical (unpaired) electrons. The monoisotopic (exact) mass is 447 g/mol. The molecule has 3 aromatic heterocycles. The van der Waals surface area contributed by atoms with Gasteiger partial charge in [0.15, 0.2) is 5.76 Å². The van der Waals surface area contributed by atoms with Crippen molar-refractivity contribution in [2.75, 3.05) is 49.9 Å². The van der Waals surface area contributed by atoms with Gasteiger partial charge in [0.05, 0.1) is 12.8 Å². The molecule has 13 heteroatoms. The van der Waals surface area contributed by atoms with Gasteiger partial charge in [0.1, 0.15) is 6.04 Å². The molecule has 5 rings (SSSR count). The predicted molar refractivity (Wildman–Crippen MR) is 110 cm³/mol. The first-order valence-electron chi connectivity index (χ1n) is 10.5. The summed E-state index contributed by atoms with van der Waals surface area (Å²) in [4.78, 5) is 31.7. The fourth-order valence-electron chi connectivity index (χ4n) is 4.25. The van der Waals surface area contributed by atoms with Gasteiger partial charge >= 0.3 is 0 Å². The van der Waals surface area contributed by atoms with E-state index in [2.05, 4.69) is 20.1 Å². The van der Waals surface area contributed by atoms with E-state index in [0.717, 1.165) is 6.42 Å². The molecule has 2 aliphatic rings. The van der Waals surface area contributed by atoms with Crippen molar-refractivity contribution in [2.24, 2.45) is 0 Å². The van der Waals surface area contributed by atoms with Crippen molar-refractivity contribution >= 4 is 23.6 Å². The number of furan rings is 1. The molecular formula is C19H23F2N9O2. The molecule has 0 aliphatic carbocycles. The molecule has 2 saturated heterocycles. The average Bonchev–Trinajstić information content (AvgIpc) is 3.53. The average molecular weight is 447 g/mol. The van der Waals surface area contributed by atoms with E-state index in [-0.39, 0.29) is 24.2 Å². The summed E-state index contributed by atoms with van der Waals surface area (Å²) in [5.74, 6) is 1.46. The number of alkyl halides is 2. The zero-order valence-corrected chi connectivity index (χ0v) is 17.3. The fourth-order valence-corrected chi connectivity index (χ4v) is 4.25. The summed E-state index contributed by atoms with van der Waals surface area (Å²) < 4.78 is 31.9. The van der Waals surface area contributed by atoms with E-state index in [9.17, 15) is 13.6 Å². The van der Waals surface area contributed by atoms with Crippen molar-refractivity contribution in [1.29, 1.82) is 0 Å². The summed E-state index contributed by atoms with van der Waals surface area (Å²) in [5.41, 5.74) is 6.10. The Bertz CT molecular complexity index is 1100. The highest BCUT2D eigenvalue weighted by atomic mass is 19.3. The number of carbonyl (C=O) groups excluding carboxylic acids is 1. The van der Waals surface area contributed by atoms with Crippen molar-refractivity contribution < 1.29 is 18.0 Å². The lowest BCUT2D eigenvalue weighted by Gasteiger charge is -2.37. The molecule has 2 N–H and O–H groups in total. The van der Waals surface area contributed by atoms with Crippen LogP contribution in [0, 0.1) is 0 Å². The summed E-state index contributed by atoms with van der Waals surface area (Å²) in [6, 6.07) is 3.04. The lowest BCUT2D eigenvalue weighted by Crippen LogP contribution is -2.54. The molecule has 11 nitrogen and oxygen atoms in total. The van der Waals surface area contributed by atoms with Gasteiger partial charge in [-0.15, -0.1) is 5.10 Å². The third-order valence-corrected chi connectivity index (χ3v) is 5.84. The second-order valence-electron chi connectivity index (χ2n) is 7.87. The van der Waals surface area contributed by atoms with Crippen LogP contribution in [0.5, 0.6) is 0 Å². The SMILES string of the molecule is Nc1nc(N2CCC[C@H]2C(=O)N2CCN(CC(F)F)CC2)nc2nc(-c3ccco3)nn12. The van der Waals surface area contributed by atoms with E-state index < -0.39 is 12.5 Å². The molecule has 1 atom stereocenters. The quantitative estimate of drug-likeness (QED) is 0.603. The van der Waals surface area contributed by atoms with E-state index >= 15 is 0 Å². The number of piperazine rings is 1. The molecule has 3 aromatic rings. The predicted octanol–water partition coefficient (Wildman–Crippen LogP) is 0.740. The number of nitrogens with zero attached hydrogens (tertiary/aromatic N) is 8. The van der Waals surface area contributed by atoms with Crippen LogP contribution in [0.3, 0.4) is 0 Å². The first kappa shape index (κ1) is 20.5. The molecule has 1 amide bonds. The number of aromatic nitrogens is 5. The van der Waals surface area contributed by atoms with Crippen molar-refractivity contribution in [2.45, 2.75) is 25.3 Å². The molecule has 32 heavy (non-hydrogen) atoms. The molecule has 0 unspecified atom stereocenters. The number of fused-ring (bicyclic) bond motifs is 1. The highest BCUT2D eigenvalue weighted by Gasteiger charge is 2.37. The number of amides is 1. The van der Waals surface area contributed by atoms with Crippen molar-refractivity contribution in [3.8, 4) is 11.6 Å². The van der Waals surface area contributed by atoms with Gasteiger partial charge in [-0.05, 0) is 25.0 Å². The smallest absolute Gasteiger partial charge is 0.259 e. The van der Waals surface area contributed by atoms with Gasteiger partial charge in [0.2, 0.25) is 23.6 Å². The summed E-state index contributed by atoms with van der Waals surface area (Å²) in [7, 11) is 0. The number of hydrogen-bond donors (Lipinski definition) is 1. The van der Waals surface area contributed by atoms with Crippen LogP contribution < -0.4 is 10.6 Å². The second-order valence-corrected chi connectivity index (χ2v) is 7.87. The number of nitrogens with two attached hydrogens (primary N) is 1. The number of carbonyl (C=O) groups is 1. The molecule has 0 bridgehead atoms. The fraction of sp³-hybridized carbons (Fsp3) is 0.526. The van der Waals surface area contributed by atoms with Gasteiger partial charge in [-0.1, -0.05) is 0 Å². The van der Waals surface area contributed by atoms with Gasteiger partial charge in [0.25, 0.3) is 12.2 Å². The number of hydrogen-bond acceptors (Lipinski definition) is 9. The summed E-state index contributed by atoms with van der Waals surface area (Å²) in [6.45, 7) is 2.07. The molecule has 2 aliphatic heterocycles. The van der Waals surface area contributed by atoms with Crippen LogP contribution in [0.25, 0.3) is 17.4 Å². The van der Waals surface area contributed by atoms with Crippen molar-refractivity contribution in [1.82, 2.24) is 34.4 Å². The van der Waals surface area contributed by atoms with Gasteiger partial charge < -0.3 is 20.0 Å². The second kappa shape index (κ2) is 8.30. The number of halogens is 2. The number of anilines is 2. The van der Waals surface area contributed by atoms with Gasteiger partial charge in [-0.25, -0.2) is 8.78 Å². The Morgan fingerprint density at radius 3 is 2.72 bits per heavy atom.